The molecule has 4 heteroatoms. The molecule has 4 fully saturated rings. The molecule has 1 unspecified atom stereocenters. The molecule has 1 aromatic rings. The van der Waals surface area contributed by atoms with Crippen LogP contribution in [-0.2, 0) is 0 Å². The Morgan fingerprint density at radius 2 is 1.75 bits per heavy atom. The predicted molar refractivity (Wildman–Crippen MR) is 90.8 cm³/mol. The van der Waals surface area contributed by atoms with Gasteiger partial charge in [-0.1, -0.05) is 11.6 Å². The van der Waals surface area contributed by atoms with Crippen molar-refractivity contribution in [3.05, 3.63) is 19.8 Å². The maximum atomic E-state index is 6.76. The van der Waals surface area contributed by atoms with E-state index in [1.807, 2.05) is 0 Å². The molecular formula is C16H19BrCl2S. The van der Waals surface area contributed by atoms with Crippen molar-refractivity contribution in [3.8, 4) is 0 Å². The second-order valence-corrected chi connectivity index (χ2v) is 10.4. The smallest absolute Gasteiger partial charge is 0.107 e. The Bertz CT molecular complexity index is 470. The Morgan fingerprint density at radius 3 is 2.20 bits per heavy atom. The molecule has 110 valence electrons. The van der Waals surface area contributed by atoms with Crippen LogP contribution in [0.25, 0.3) is 0 Å². The molecular weight excluding hydrogens is 375 g/mol. The largest absolute Gasteiger partial charge is 0.126 e. The minimum atomic E-state index is 0.139. The topological polar surface area (TPSA) is 0 Å². The number of rotatable bonds is 3. The molecule has 0 saturated heterocycles. The fourth-order valence-corrected chi connectivity index (χ4v) is 7.78. The lowest BCUT2D eigenvalue weighted by atomic mass is 9.48. The molecule has 4 bridgehead atoms. The van der Waals surface area contributed by atoms with Gasteiger partial charge in [0.15, 0.2) is 0 Å². The fourth-order valence-electron chi connectivity index (χ4n) is 5.54. The number of thiophene rings is 1. The summed E-state index contributed by atoms with van der Waals surface area (Å²) in [7, 11) is 0. The van der Waals surface area contributed by atoms with Crippen molar-refractivity contribution < 1.29 is 0 Å². The summed E-state index contributed by atoms with van der Waals surface area (Å²) in [4.78, 5) is 1.24. The second-order valence-electron chi connectivity index (χ2n) is 7.36. The summed E-state index contributed by atoms with van der Waals surface area (Å²) in [6.07, 6.45) is 9.96. The van der Waals surface area contributed by atoms with Crippen molar-refractivity contribution in [2.75, 3.05) is 0 Å². The van der Waals surface area contributed by atoms with Gasteiger partial charge in [-0.25, -0.2) is 0 Å². The molecule has 0 amide bonds. The first-order valence-corrected chi connectivity index (χ1v) is 10.0. The first kappa shape index (κ1) is 14.4. The molecule has 1 aromatic heterocycles. The van der Waals surface area contributed by atoms with Gasteiger partial charge >= 0.3 is 0 Å². The van der Waals surface area contributed by atoms with Crippen molar-refractivity contribution in [1.82, 2.24) is 0 Å². The summed E-state index contributed by atoms with van der Waals surface area (Å²) >= 11 is 18.1. The van der Waals surface area contributed by atoms with Crippen LogP contribution in [-0.4, -0.2) is 0 Å². The Hall–Kier alpha value is 0.760. The van der Waals surface area contributed by atoms with Gasteiger partial charge in [0.1, 0.15) is 4.34 Å². The number of halogens is 3. The van der Waals surface area contributed by atoms with Crippen LogP contribution in [0.4, 0.5) is 0 Å². The SMILES string of the molecule is Clc1sc(C(Cl)CC23CC4CC(CC(C4)C2)C3)cc1Br. The van der Waals surface area contributed by atoms with E-state index in [9.17, 15) is 0 Å². The van der Waals surface area contributed by atoms with Crippen LogP contribution in [0.3, 0.4) is 0 Å². The standard InChI is InChI=1S/C16H19BrCl2S/c17-12-4-14(20-15(12)19)13(18)8-16-5-9-1-10(6-16)3-11(2-9)7-16/h4,9-11,13H,1-3,5-8H2. The van der Waals surface area contributed by atoms with Crippen LogP contribution in [0.1, 0.15) is 55.2 Å². The Labute approximate surface area is 143 Å². The highest BCUT2D eigenvalue weighted by Gasteiger charge is 2.51. The molecule has 4 saturated carbocycles. The summed E-state index contributed by atoms with van der Waals surface area (Å²) in [6.45, 7) is 0. The van der Waals surface area contributed by atoms with Gasteiger partial charge < -0.3 is 0 Å². The van der Waals surface area contributed by atoms with Crippen LogP contribution in [0.2, 0.25) is 4.34 Å². The van der Waals surface area contributed by atoms with E-state index in [0.717, 1.165) is 33.0 Å². The third kappa shape index (κ3) is 2.49. The van der Waals surface area contributed by atoms with Crippen molar-refractivity contribution in [2.24, 2.45) is 23.2 Å². The van der Waals surface area contributed by atoms with Crippen molar-refractivity contribution in [3.63, 3.8) is 0 Å². The highest BCUT2D eigenvalue weighted by Crippen LogP contribution is 2.63. The van der Waals surface area contributed by atoms with Gasteiger partial charge in [-0.15, -0.1) is 22.9 Å². The molecule has 0 aromatic carbocycles. The maximum Gasteiger partial charge on any atom is 0.107 e. The third-order valence-corrected chi connectivity index (χ3v) is 8.86. The molecule has 1 heterocycles. The van der Waals surface area contributed by atoms with Gasteiger partial charge in [-0.05, 0) is 90.1 Å². The molecule has 0 aliphatic heterocycles. The lowest BCUT2D eigenvalue weighted by molar-refractivity contribution is -0.0575. The molecule has 4 aliphatic rings. The van der Waals surface area contributed by atoms with Crippen molar-refractivity contribution in [2.45, 2.75) is 50.3 Å². The quantitative estimate of drug-likeness (QED) is 0.482. The highest BCUT2D eigenvalue weighted by atomic mass is 79.9. The Morgan fingerprint density at radius 1 is 1.20 bits per heavy atom. The van der Waals surface area contributed by atoms with Gasteiger partial charge in [0.25, 0.3) is 0 Å². The van der Waals surface area contributed by atoms with E-state index < -0.39 is 0 Å². The van der Waals surface area contributed by atoms with E-state index in [1.54, 1.807) is 11.3 Å². The minimum Gasteiger partial charge on any atom is -0.126 e. The first-order chi connectivity index (χ1) is 9.53. The molecule has 1 atom stereocenters. The van der Waals surface area contributed by atoms with Gasteiger partial charge in [0, 0.05) is 9.35 Å². The molecule has 0 radical (unpaired) electrons. The zero-order chi connectivity index (χ0) is 13.9. The molecule has 4 aliphatic carbocycles. The normalized spacial score (nSPS) is 40.2. The summed E-state index contributed by atoms with van der Waals surface area (Å²) in [5.74, 6) is 3.01. The van der Waals surface area contributed by atoms with Gasteiger partial charge in [0.2, 0.25) is 0 Å². The summed E-state index contributed by atoms with van der Waals surface area (Å²) in [5, 5.41) is 0.139. The third-order valence-electron chi connectivity index (χ3n) is 5.75. The maximum absolute atomic E-state index is 6.76. The number of alkyl halides is 1. The monoisotopic (exact) mass is 392 g/mol. The summed E-state index contributed by atoms with van der Waals surface area (Å²) in [5.41, 5.74) is 0.546. The van der Waals surface area contributed by atoms with Crippen LogP contribution >= 0.6 is 50.5 Å². The van der Waals surface area contributed by atoms with E-state index in [2.05, 4.69) is 22.0 Å². The molecule has 20 heavy (non-hydrogen) atoms. The van der Waals surface area contributed by atoms with Crippen LogP contribution in [0, 0.1) is 23.2 Å². The zero-order valence-corrected chi connectivity index (χ0v) is 15.3. The lowest BCUT2D eigenvalue weighted by Gasteiger charge is -2.57. The molecule has 0 N–H and O–H groups in total. The molecule has 0 spiro atoms. The van der Waals surface area contributed by atoms with Gasteiger partial charge in [-0.2, -0.15) is 0 Å². The van der Waals surface area contributed by atoms with Crippen LogP contribution < -0.4 is 0 Å². The van der Waals surface area contributed by atoms with E-state index in [4.69, 9.17) is 23.2 Å². The molecule has 0 nitrogen and oxygen atoms in total. The lowest BCUT2D eigenvalue weighted by Crippen LogP contribution is -2.46. The van der Waals surface area contributed by atoms with E-state index >= 15 is 0 Å². The van der Waals surface area contributed by atoms with Gasteiger partial charge in [-0.3, -0.25) is 0 Å². The summed E-state index contributed by atoms with van der Waals surface area (Å²) in [6, 6.07) is 2.12. The number of hydrogen-bond donors (Lipinski definition) is 0. The van der Waals surface area contributed by atoms with Crippen molar-refractivity contribution in [1.29, 1.82) is 0 Å². The van der Waals surface area contributed by atoms with Crippen LogP contribution in [0.5, 0.6) is 0 Å². The Kier molecular flexibility index (Phi) is 3.69. The minimum absolute atomic E-state index is 0.139. The Balaban J connectivity index is 1.53. The summed E-state index contributed by atoms with van der Waals surface area (Å²) < 4.78 is 1.83. The average molecular weight is 394 g/mol. The van der Waals surface area contributed by atoms with Gasteiger partial charge in [0.05, 0.1) is 5.38 Å². The first-order valence-electron chi connectivity index (χ1n) is 7.62. The second kappa shape index (κ2) is 5.15. The van der Waals surface area contributed by atoms with Crippen molar-refractivity contribution >= 4 is 50.5 Å². The highest BCUT2D eigenvalue weighted by molar-refractivity contribution is 9.10. The predicted octanol–water partition coefficient (Wildman–Crippen LogP) is 7.05. The fraction of sp³-hybridized carbons (Fsp3) is 0.750. The van der Waals surface area contributed by atoms with E-state index in [1.165, 1.54) is 43.4 Å². The number of hydrogen-bond acceptors (Lipinski definition) is 1. The van der Waals surface area contributed by atoms with E-state index in [0.29, 0.717) is 5.41 Å². The zero-order valence-electron chi connectivity index (χ0n) is 11.4. The van der Waals surface area contributed by atoms with Crippen LogP contribution in [0.15, 0.2) is 10.5 Å². The average Bonchev–Trinajstić information content (AvgIpc) is 2.67. The van der Waals surface area contributed by atoms with E-state index in [-0.39, 0.29) is 5.38 Å². The molecule has 5 rings (SSSR count).